The number of carbonyl (C=O) groups excluding carboxylic acids is 1. The summed E-state index contributed by atoms with van der Waals surface area (Å²) in [5.74, 6) is 1.95. The average Bonchev–Trinajstić information content (AvgIpc) is 3.16. The number of rotatable bonds is 7. The van der Waals surface area contributed by atoms with Gasteiger partial charge in [-0.15, -0.1) is 0 Å². The second-order valence-electron chi connectivity index (χ2n) is 6.16. The predicted octanol–water partition coefficient (Wildman–Crippen LogP) is 2.42. The lowest BCUT2D eigenvalue weighted by atomic mass is 10.1. The molecule has 2 heterocycles. The quantitative estimate of drug-likeness (QED) is 0.656. The summed E-state index contributed by atoms with van der Waals surface area (Å²) < 4.78 is 12.6. The minimum absolute atomic E-state index is 0.321. The van der Waals surface area contributed by atoms with E-state index in [2.05, 4.69) is 20.6 Å². The maximum atomic E-state index is 12.6. The minimum Gasteiger partial charge on any atom is -0.497 e. The Kier molecular flexibility index (Phi) is 6.11. The average molecular weight is 381 g/mol. The van der Waals surface area contributed by atoms with Crippen LogP contribution in [0.5, 0.6) is 11.5 Å². The number of ether oxygens (including phenoxy) is 2. The molecule has 2 aromatic heterocycles. The number of aromatic nitrogens is 3. The summed E-state index contributed by atoms with van der Waals surface area (Å²) in [4.78, 5) is 21.0. The van der Waals surface area contributed by atoms with Crippen molar-refractivity contribution in [2.24, 2.45) is 7.05 Å². The van der Waals surface area contributed by atoms with E-state index in [1.165, 1.54) is 0 Å². The second kappa shape index (κ2) is 8.90. The van der Waals surface area contributed by atoms with Crippen LogP contribution in [-0.2, 0) is 13.6 Å². The van der Waals surface area contributed by atoms with Crippen molar-refractivity contribution in [1.82, 2.24) is 25.2 Å². The summed E-state index contributed by atoms with van der Waals surface area (Å²) in [5.41, 5.74) is 1.70. The molecule has 8 nitrogen and oxygen atoms in total. The van der Waals surface area contributed by atoms with Crippen molar-refractivity contribution in [2.45, 2.75) is 12.6 Å². The first-order chi connectivity index (χ1) is 13.6. The molecule has 3 aromatic rings. The summed E-state index contributed by atoms with van der Waals surface area (Å²) in [5, 5.41) is 5.83. The van der Waals surface area contributed by atoms with Crippen molar-refractivity contribution in [3.63, 3.8) is 0 Å². The molecule has 1 aromatic carbocycles. The largest absolute Gasteiger partial charge is 0.497 e. The maximum Gasteiger partial charge on any atom is 0.315 e. The third kappa shape index (κ3) is 4.59. The van der Waals surface area contributed by atoms with Gasteiger partial charge in [0.15, 0.2) is 0 Å². The SMILES string of the molecule is COc1cc(OC)cc(C(NC(=O)NCc2cccnc2)c2nccn2C)c1. The number of amides is 2. The van der Waals surface area contributed by atoms with Crippen LogP contribution in [0.1, 0.15) is 23.0 Å². The highest BCUT2D eigenvalue weighted by Crippen LogP contribution is 2.29. The zero-order chi connectivity index (χ0) is 19.9. The lowest BCUT2D eigenvalue weighted by molar-refractivity contribution is 0.237. The van der Waals surface area contributed by atoms with E-state index in [0.29, 0.717) is 23.9 Å². The molecular formula is C20H23N5O3. The van der Waals surface area contributed by atoms with Crippen LogP contribution in [-0.4, -0.2) is 34.8 Å². The number of nitrogens with one attached hydrogen (secondary N) is 2. The molecule has 0 bridgehead atoms. The van der Waals surface area contributed by atoms with Crippen molar-refractivity contribution in [2.75, 3.05) is 14.2 Å². The van der Waals surface area contributed by atoms with Gasteiger partial charge in [-0.25, -0.2) is 9.78 Å². The zero-order valence-corrected chi connectivity index (χ0v) is 16.0. The Morgan fingerprint density at radius 3 is 2.50 bits per heavy atom. The van der Waals surface area contributed by atoms with Crippen LogP contribution in [0.15, 0.2) is 55.1 Å². The number of methoxy groups -OCH3 is 2. The van der Waals surface area contributed by atoms with Crippen LogP contribution in [0.25, 0.3) is 0 Å². The van der Waals surface area contributed by atoms with Gasteiger partial charge in [-0.3, -0.25) is 4.98 Å². The molecule has 0 saturated carbocycles. The van der Waals surface area contributed by atoms with E-state index in [0.717, 1.165) is 11.1 Å². The smallest absolute Gasteiger partial charge is 0.315 e. The molecule has 0 aliphatic rings. The first kappa shape index (κ1) is 19.2. The van der Waals surface area contributed by atoms with Gasteiger partial charge in [0, 0.05) is 44.4 Å². The van der Waals surface area contributed by atoms with E-state index in [4.69, 9.17) is 9.47 Å². The van der Waals surface area contributed by atoms with E-state index in [-0.39, 0.29) is 6.03 Å². The summed E-state index contributed by atoms with van der Waals surface area (Å²) >= 11 is 0. The number of aryl methyl sites for hydroxylation is 1. The Hall–Kier alpha value is -3.55. The highest BCUT2D eigenvalue weighted by Gasteiger charge is 2.22. The molecule has 0 fully saturated rings. The standard InChI is InChI=1S/C20H23N5O3/c1-25-8-7-22-19(25)18(15-9-16(27-2)11-17(10-15)28-3)24-20(26)23-13-14-5-4-6-21-12-14/h4-12,18H,13H2,1-3H3,(H2,23,24,26). The molecule has 1 unspecified atom stereocenters. The van der Waals surface area contributed by atoms with Gasteiger partial charge >= 0.3 is 6.03 Å². The number of urea groups is 1. The number of hydrogen-bond acceptors (Lipinski definition) is 5. The van der Waals surface area contributed by atoms with Crippen molar-refractivity contribution >= 4 is 6.03 Å². The zero-order valence-electron chi connectivity index (χ0n) is 16.0. The summed E-state index contributed by atoms with van der Waals surface area (Å²) in [6, 6.07) is 8.40. The fraction of sp³-hybridized carbons (Fsp3) is 0.250. The molecule has 3 rings (SSSR count). The number of hydrogen-bond donors (Lipinski definition) is 2. The maximum absolute atomic E-state index is 12.6. The third-order valence-electron chi connectivity index (χ3n) is 4.28. The summed E-state index contributed by atoms with van der Waals surface area (Å²) in [6.45, 7) is 0.369. The topological polar surface area (TPSA) is 90.3 Å². The van der Waals surface area contributed by atoms with Gasteiger partial charge in [0.25, 0.3) is 0 Å². The Bertz CT molecular complexity index is 904. The van der Waals surface area contributed by atoms with Gasteiger partial charge in [-0.2, -0.15) is 0 Å². The first-order valence-electron chi connectivity index (χ1n) is 8.74. The van der Waals surface area contributed by atoms with E-state index < -0.39 is 6.04 Å². The normalized spacial score (nSPS) is 11.5. The lowest BCUT2D eigenvalue weighted by Crippen LogP contribution is -2.39. The van der Waals surface area contributed by atoms with Crippen LogP contribution in [0.4, 0.5) is 4.79 Å². The van der Waals surface area contributed by atoms with Crippen molar-refractivity contribution in [3.05, 3.63) is 72.1 Å². The highest BCUT2D eigenvalue weighted by molar-refractivity contribution is 5.75. The second-order valence-corrected chi connectivity index (χ2v) is 6.16. The van der Waals surface area contributed by atoms with Gasteiger partial charge in [-0.1, -0.05) is 6.07 Å². The Morgan fingerprint density at radius 2 is 1.93 bits per heavy atom. The molecule has 0 radical (unpaired) electrons. The van der Waals surface area contributed by atoms with Gasteiger partial charge in [0.2, 0.25) is 0 Å². The minimum atomic E-state index is -0.488. The summed E-state index contributed by atoms with van der Waals surface area (Å²) in [7, 11) is 5.05. The van der Waals surface area contributed by atoms with Crippen LogP contribution in [0, 0.1) is 0 Å². The van der Waals surface area contributed by atoms with E-state index in [1.54, 1.807) is 38.9 Å². The number of benzene rings is 1. The monoisotopic (exact) mass is 381 g/mol. The number of pyridine rings is 1. The van der Waals surface area contributed by atoms with Gasteiger partial charge in [-0.05, 0) is 29.3 Å². The molecule has 28 heavy (non-hydrogen) atoms. The summed E-state index contributed by atoms with van der Waals surface area (Å²) in [6.07, 6.45) is 6.92. The van der Waals surface area contributed by atoms with E-state index in [1.807, 2.05) is 42.1 Å². The molecule has 0 saturated heterocycles. The predicted molar refractivity (Wildman–Crippen MR) is 104 cm³/mol. The first-order valence-corrected chi connectivity index (χ1v) is 8.74. The fourth-order valence-corrected chi connectivity index (χ4v) is 2.82. The Labute approximate surface area is 163 Å². The molecule has 8 heteroatoms. The van der Waals surface area contributed by atoms with E-state index >= 15 is 0 Å². The van der Waals surface area contributed by atoms with Crippen LogP contribution < -0.4 is 20.1 Å². The molecule has 1 atom stereocenters. The van der Waals surface area contributed by atoms with Crippen LogP contribution in [0.2, 0.25) is 0 Å². The molecule has 146 valence electrons. The molecule has 0 spiro atoms. The number of imidazole rings is 1. The van der Waals surface area contributed by atoms with Gasteiger partial charge < -0.3 is 24.7 Å². The van der Waals surface area contributed by atoms with Gasteiger partial charge in [0.1, 0.15) is 23.4 Å². The third-order valence-corrected chi connectivity index (χ3v) is 4.28. The van der Waals surface area contributed by atoms with Crippen molar-refractivity contribution in [3.8, 4) is 11.5 Å². The molecular weight excluding hydrogens is 358 g/mol. The molecule has 2 N–H and O–H groups in total. The Balaban J connectivity index is 1.84. The van der Waals surface area contributed by atoms with Crippen molar-refractivity contribution in [1.29, 1.82) is 0 Å². The molecule has 2 amide bonds. The molecule has 0 aliphatic carbocycles. The van der Waals surface area contributed by atoms with Crippen LogP contribution >= 0.6 is 0 Å². The number of nitrogens with zero attached hydrogens (tertiary/aromatic N) is 3. The fourth-order valence-electron chi connectivity index (χ4n) is 2.82. The van der Waals surface area contributed by atoms with E-state index in [9.17, 15) is 4.79 Å². The Morgan fingerprint density at radius 1 is 1.18 bits per heavy atom. The number of carbonyl (C=O) groups is 1. The highest BCUT2D eigenvalue weighted by atomic mass is 16.5. The van der Waals surface area contributed by atoms with Gasteiger partial charge in [0.05, 0.1) is 14.2 Å². The molecule has 0 aliphatic heterocycles. The lowest BCUT2D eigenvalue weighted by Gasteiger charge is -2.21. The van der Waals surface area contributed by atoms with Crippen LogP contribution in [0.3, 0.4) is 0 Å². The van der Waals surface area contributed by atoms with Crippen molar-refractivity contribution < 1.29 is 14.3 Å².